The van der Waals surface area contributed by atoms with Crippen LogP contribution >= 0.6 is 11.8 Å². The minimum absolute atomic E-state index is 0.114. The maximum Gasteiger partial charge on any atom is 0.314 e. The summed E-state index contributed by atoms with van der Waals surface area (Å²) in [5.41, 5.74) is 0. The van der Waals surface area contributed by atoms with E-state index in [1.807, 2.05) is 18.7 Å². The average molecular weight is 234 g/mol. The summed E-state index contributed by atoms with van der Waals surface area (Å²) in [6.45, 7) is 4.77. The number of rotatable bonds is 8. The molecule has 1 atom stereocenters. The van der Waals surface area contributed by atoms with Crippen LogP contribution in [0.25, 0.3) is 0 Å². The lowest BCUT2D eigenvalue weighted by molar-refractivity contribution is 0.235. The van der Waals surface area contributed by atoms with Crippen LogP contribution in [0.1, 0.15) is 26.7 Å². The van der Waals surface area contributed by atoms with Gasteiger partial charge in [-0.3, -0.25) is 0 Å². The molecule has 90 valence electrons. The number of aliphatic hydroxyl groups excluding tert-OH is 1. The van der Waals surface area contributed by atoms with Crippen LogP contribution in [0, 0.1) is 0 Å². The molecule has 15 heavy (non-hydrogen) atoms. The van der Waals surface area contributed by atoms with E-state index in [1.54, 1.807) is 0 Å². The Bertz CT molecular complexity index is 168. The second kappa shape index (κ2) is 10.1. The maximum absolute atomic E-state index is 11.3. The highest BCUT2D eigenvalue weighted by atomic mass is 32.2. The first-order chi connectivity index (χ1) is 7.20. The predicted octanol–water partition coefficient (Wildman–Crippen LogP) is 1.20. The predicted molar refractivity (Wildman–Crippen MR) is 65.3 cm³/mol. The van der Waals surface area contributed by atoms with Crippen molar-refractivity contribution in [1.29, 1.82) is 0 Å². The van der Waals surface area contributed by atoms with Gasteiger partial charge in [0, 0.05) is 19.2 Å². The van der Waals surface area contributed by atoms with Crippen LogP contribution in [0.4, 0.5) is 4.79 Å². The summed E-state index contributed by atoms with van der Waals surface area (Å²) < 4.78 is 0. The van der Waals surface area contributed by atoms with Crippen LogP contribution in [0.15, 0.2) is 0 Å². The zero-order chi connectivity index (χ0) is 11.5. The molecule has 0 aliphatic heterocycles. The Morgan fingerprint density at radius 1 is 1.53 bits per heavy atom. The highest BCUT2D eigenvalue weighted by Crippen LogP contribution is 2.03. The number of hydrogen-bond acceptors (Lipinski definition) is 3. The van der Waals surface area contributed by atoms with Crippen molar-refractivity contribution in [2.45, 2.75) is 32.7 Å². The van der Waals surface area contributed by atoms with Gasteiger partial charge in [-0.1, -0.05) is 6.92 Å². The molecule has 0 aromatic heterocycles. The van der Waals surface area contributed by atoms with E-state index in [-0.39, 0.29) is 18.7 Å². The molecule has 2 amide bonds. The SMILES string of the molecule is CCSCCC(C)NC(=O)NCCCO. The van der Waals surface area contributed by atoms with Gasteiger partial charge >= 0.3 is 6.03 Å². The topological polar surface area (TPSA) is 61.4 Å². The van der Waals surface area contributed by atoms with Crippen molar-refractivity contribution < 1.29 is 9.90 Å². The maximum atomic E-state index is 11.3. The first-order valence-corrected chi connectivity index (χ1v) is 6.59. The second-order valence-electron chi connectivity index (χ2n) is 3.36. The number of aliphatic hydroxyl groups is 1. The van der Waals surface area contributed by atoms with Crippen LogP contribution in [-0.4, -0.2) is 41.8 Å². The van der Waals surface area contributed by atoms with Gasteiger partial charge in [-0.25, -0.2) is 4.79 Å². The Balaban J connectivity index is 3.40. The lowest BCUT2D eigenvalue weighted by Crippen LogP contribution is -2.41. The van der Waals surface area contributed by atoms with Crippen LogP contribution in [0.2, 0.25) is 0 Å². The smallest absolute Gasteiger partial charge is 0.314 e. The summed E-state index contributed by atoms with van der Waals surface area (Å²) in [5.74, 6) is 2.20. The number of hydrogen-bond donors (Lipinski definition) is 3. The first kappa shape index (κ1) is 14.6. The Labute approximate surface area is 96.2 Å². The van der Waals surface area contributed by atoms with Crippen molar-refractivity contribution in [1.82, 2.24) is 10.6 Å². The van der Waals surface area contributed by atoms with Crippen molar-refractivity contribution in [2.75, 3.05) is 24.7 Å². The molecule has 0 aliphatic carbocycles. The van der Waals surface area contributed by atoms with Gasteiger partial charge in [-0.2, -0.15) is 11.8 Å². The molecule has 0 fully saturated rings. The van der Waals surface area contributed by atoms with Gasteiger partial charge in [0.2, 0.25) is 0 Å². The van der Waals surface area contributed by atoms with Gasteiger partial charge in [0.15, 0.2) is 0 Å². The lowest BCUT2D eigenvalue weighted by Gasteiger charge is -2.13. The van der Waals surface area contributed by atoms with Crippen LogP contribution in [0.5, 0.6) is 0 Å². The summed E-state index contributed by atoms with van der Waals surface area (Å²) in [5, 5.41) is 14.1. The summed E-state index contributed by atoms with van der Waals surface area (Å²) in [4.78, 5) is 11.3. The minimum Gasteiger partial charge on any atom is -0.396 e. The summed E-state index contributed by atoms with van der Waals surface area (Å²) >= 11 is 1.88. The van der Waals surface area contributed by atoms with Crippen molar-refractivity contribution in [2.24, 2.45) is 0 Å². The standard InChI is InChI=1S/C10H22N2O2S/c1-3-15-8-5-9(2)12-10(14)11-6-4-7-13/h9,13H,3-8H2,1-2H3,(H2,11,12,14). The second-order valence-corrected chi connectivity index (χ2v) is 4.76. The molecule has 0 saturated heterocycles. The van der Waals surface area contributed by atoms with E-state index in [9.17, 15) is 4.79 Å². The molecule has 0 aromatic carbocycles. The number of carbonyl (C=O) groups is 1. The van der Waals surface area contributed by atoms with Crippen molar-refractivity contribution >= 4 is 17.8 Å². The van der Waals surface area contributed by atoms with Crippen LogP contribution in [0.3, 0.4) is 0 Å². The van der Waals surface area contributed by atoms with Gasteiger partial charge in [0.05, 0.1) is 0 Å². The Hall–Kier alpha value is -0.420. The third-order valence-corrected chi connectivity index (χ3v) is 2.83. The fourth-order valence-electron chi connectivity index (χ4n) is 1.03. The van der Waals surface area contributed by atoms with Crippen molar-refractivity contribution in [3.05, 3.63) is 0 Å². The molecule has 0 heterocycles. The largest absolute Gasteiger partial charge is 0.396 e. The van der Waals surface area contributed by atoms with Crippen LogP contribution < -0.4 is 10.6 Å². The Morgan fingerprint density at radius 3 is 2.87 bits per heavy atom. The van der Waals surface area contributed by atoms with Gasteiger partial charge in [-0.05, 0) is 31.3 Å². The number of nitrogens with one attached hydrogen (secondary N) is 2. The first-order valence-electron chi connectivity index (χ1n) is 5.43. The molecule has 0 aromatic rings. The van der Waals surface area contributed by atoms with E-state index in [4.69, 9.17) is 5.11 Å². The van der Waals surface area contributed by atoms with E-state index in [0.29, 0.717) is 13.0 Å². The zero-order valence-corrected chi connectivity index (χ0v) is 10.4. The summed E-state index contributed by atoms with van der Waals surface area (Å²) in [6, 6.07) is 0.0654. The lowest BCUT2D eigenvalue weighted by atomic mass is 10.3. The third kappa shape index (κ3) is 9.87. The molecule has 0 rings (SSSR count). The highest BCUT2D eigenvalue weighted by molar-refractivity contribution is 7.99. The number of thioether (sulfide) groups is 1. The van der Waals surface area contributed by atoms with Gasteiger partial charge in [0.25, 0.3) is 0 Å². The number of amides is 2. The number of urea groups is 1. The highest BCUT2D eigenvalue weighted by Gasteiger charge is 2.05. The molecule has 0 bridgehead atoms. The van der Waals surface area contributed by atoms with Gasteiger partial charge < -0.3 is 15.7 Å². The normalized spacial score (nSPS) is 12.2. The van der Waals surface area contributed by atoms with Crippen LogP contribution in [-0.2, 0) is 0 Å². The van der Waals surface area contributed by atoms with E-state index < -0.39 is 0 Å². The molecular weight excluding hydrogens is 212 g/mol. The molecule has 0 spiro atoms. The monoisotopic (exact) mass is 234 g/mol. The molecule has 0 saturated carbocycles. The van der Waals surface area contributed by atoms with E-state index >= 15 is 0 Å². The van der Waals surface area contributed by atoms with E-state index in [0.717, 1.165) is 17.9 Å². The molecule has 5 heteroatoms. The van der Waals surface area contributed by atoms with Crippen molar-refractivity contribution in [3.63, 3.8) is 0 Å². The van der Waals surface area contributed by atoms with Gasteiger partial charge in [-0.15, -0.1) is 0 Å². The third-order valence-electron chi connectivity index (χ3n) is 1.90. The summed E-state index contributed by atoms with van der Waals surface area (Å²) in [7, 11) is 0. The minimum atomic E-state index is -0.141. The molecule has 4 nitrogen and oxygen atoms in total. The summed E-state index contributed by atoms with van der Waals surface area (Å²) in [6.07, 6.45) is 1.60. The van der Waals surface area contributed by atoms with Gasteiger partial charge in [0.1, 0.15) is 0 Å². The molecule has 0 radical (unpaired) electrons. The van der Waals surface area contributed by atoms with E-state index in [2.05, 4.69) is 17.6 Å². The Morgan fingerprint density at radius 2 is 2.27 bits per heavy atom. The fraction of sp³-hybridized carbons (Fsp3) is 0.900. The molecule has 0 aliphatic rings. The zero-order valence-electron chi connectivity index (χ0n) is 9.58. The fourth-order valence-corrected chi connectivity index (χ4v) is 1.84. The Kier molecular flexibility index (Phi) is 9.83. The number of carbonyl (C=O) groups excluding carboxylic acids is 1. The quantitative estimate of drug-likeness (QED) is 0.553. The van der Waals surface area contributed by atoms with Crippen molar-refractivity contribution in [3.8, 4) is 0 Å². The molecule has 3 N–H and O–H groups in total. The van der Waals surface area contributed by atoms with E-state index in [1.165, 1.54) is 0 Å². The molecule has 1 unspecified atom stereocenters. The average Bonchev–Trinajstić information content (AvgIpc) is 2.18. The molecular formula is C10H22N2O2S.